The number of ether oxygens (including phenoxy) is 1. The summed E-state index contributed by atoms with van der Waals surface area (Å²) in [6.07, 6.45) is 1.88. The number of hydrogen-bond acceptors (Lipinski definition) is 6. The van der Waals surface area contributed by atoms with Crippen LogP contribution < -0.4 is 10.2 Å². The smallest absolute Gasteiger partial charge is 0.128 e. The van der Waals surface area contributed by atoms with Gasteiger partial charge in [0, 0.05) is 70.6 Å². The van der Waals surface area contributed by atoms with E-state index >= 15 is 0 Å². The Kier molecular flexibility index (Phi) is 13.9. The highest BCUT2D eigenvalue weighted by atomic mass is 16.5. The minimum absolute atomic E-state index is 0.516. The summed E-state index contributed by atoms with van der Waals surface area (Å²) in [5, 5.41) is 3.39. The molecule has 2 saturated heterocycles. The van der Waals surface area contributed by atoms with E-state index in [1.54, 1.807) is 0 Å². The van der Waals surface area contributed by atoms with Gasteiger partial charge in [0.15, 0.2) is 0 Å². The lowest BCUT2D eigenvalue weighted by atomic mass is 10.1. The first-order chi connectivity index (χ1) is 14.2. The molecule has 3 heterocycles. The van der Waals surface area contributed by atoms with Crippen LogP contribution in [0.15, 0.2) is 24.4 Å². The highest BCUT2D eigenvalue weighted by Gasteiger charge is 2.29. The summed E-state index contributed by atoms with van der Waals surface area (Å²) < 4.78 is 5.92. The molecule has 0 spiro atoms. The molecule has 1 aromatic heterocycles. The molecule has 0 bridgehead atoms. The fourth-order valence-electron chi connectivity index (χ4n) is 3.93. The van der Waals surface area contributed by atoms with Crippen molar-refractivity contribution in [3.63, 3.8) is 0 Å². The van der Waals surface area contributed by atoms with Crippen LogP contribution in [0.25, 0.3) is 0 Å². The molecular weight excluding hydrogens is 362 g/mol. The number of hydrogen-bond donors (Lipinski definition) is 1. The van der Waals surface area contributed by atoms with Crippen molar-refractivity contribution in [2.75, 3.05) is 70.5 Å². The molecule has 1 N–H and O–H groups in total. The number of anilines is 1. The number of nitrogens with one attached hydrogen (secondary N) is 1. The van der Waals surface area contributed by atoms with Crippen molar-refractivity contribution in [3.05, 3.63) is 24.4 Å². The van der Waals surface area contributed by atoms with Gasteiger partial charge in [-0.05, 0) is 26.0 Å². The molecule has 2 atom stereocenters. The molecule has 29 heavy (non-hydrogen) atoms. The lowest BCUT2D eigenvalue weighted by Crippen LogP contribution is -2.57. The van der Waals surface area contributed by atoms with Crippen LogP contribution >= 0.6 is 0 Å². The van der Waals surface area contributed by atoms with Crippen LogP contribution in [0.1, 0.15) is 41.5 Å². The van der Waals surface area contributed by atoms with Crippen LogP contribution in [0.3, 0.4) is 0 Å². The van der Waals surface area contributed by atoms with Crippen molar-refractivity contribution in [1.82, 2.24) is 20.1 Å². The maximum atomic E-state index is 5.92. The Morgan fingerprint density at radius 1 is 0.966 bits per heavy atom. The number of rotatable bonds is 7. The Balaban J connectivity index is 0.000000989. The molecule has 1 aromatic rings. The fourth-order valence-corrected chi connectivity index (χ4v) is 3.93. The lowest BCUT2D eigenvalue weighted by molar-refractivity contribution is 0.0514. The van der Waals surface area contributed by atoms with E-state index in [1.807, 2.05) is 40.0 Å². The monoisotopic (exact) mass is 407 g/mol. The van der Waals surface area contributed by atoms with E-state index in [0.717, 1.165) is 71.4 Å². The zero-order valence-electron chi connectivity index (χ0n) is 19.7. The molecule has 6 nitrogen and oxygen atoms in total. The van der Waals surface area contributed by atoms with Crippen LogP contribution in [0.5, 0.6) is 0 Å². The number of nitrogens with zero attached hydrogens (tertiary/aromatic N) is 4. The van der Waals surface area contributed by atoms with Crippen LogP contribution in [0.4, 0.5) is 5.82 Å². The minimum atomic E-state index is 0.516. The van der Waals surface area contributed by atoms with Crippen molar-refractivity contribution >= 4 is 5.82 Å². The van der Waals surface area contributed by atoms with E-state index in [9.17, 15) is 0 Å². The van der Waals surface area contributed by atoms with E-state index in [0.29, 0.717) is 12.1 Å². The predicted octanol–water partition coefficient (Wildman–Crippen LogP) is 2.95. The summed E-state index contributed by atoms with van der Waals surface area (Å²) >= 11 is 0. The SMILES string of the molecule is CC.CC.C[C@@H]1CN(c2ccccn2)C[C@H](C)N1CCOCCN1CCNCC1. The number of pyridine rings is 1. The maximum Gasteiger partial charge on any atom is 0.128 e. The summed E-state index contributed by atoms with van der Waals surface area (Å²) in [4.78, 5) is 12.0. The molecule has 3 rings (SSSR count). The molecule has 2 aliphatic heterocycles. The molecule has 168 valence electrons. The standard InChI is InChI=1S/C19H33N5O.2C2H6/c1-17-15-23(19-5-3-4-6-21-19)16-18(2)24(17)12-14-25-13-11-22-9-7-20-8-10-22;2*1-2/h3-6,17-18,20H,7-16H2,1-2H3;2*1-2H3/t17-,18+;;. The van der Waals surface area contributed by atoms with Gasteiger partial charge in [0.25, 0.3) is 0 Å². The van der Waals surface area contributed by atoms with E-state index in [1.165, 1.54) is 0 Å². The molecule has 6 heteroatoms. The van der Waals surface area contributed by atoms with Gasteiger partial charge in [-0.3, -0.25) is 9.80 Å². The maximum absolute atomic E-state index is 5.92. The average Bonchev–Trinajstić information content (AvgIpc) is 2.79. The second-order valence-corrected chi connectivity index (χ2v) is 7.23. The summed E-state index contributed by atoms with van der Waals surface area (Å²) in [7, 11) is 0. The average molecular weight is 408 g/mol. The van der Waals surface area contributed by atoms with Crippen molar-refractivity contribution in [3.8, 4) is 0 Å². The van der Waals surface area contributed by atoms with Gasteiger partial charge in [-0.1, -0.05) is 33.8 Å². The number of aromatic nitrogens is 1. The van der Waals surface area contributed by atoms with E-state index < -0.39 is 0 Å². The van der Waals surface area contributed by atoms with Crippen LogP contribution in [0, 0.1) is 0 Å². The largest absolute Gasteiger partial charge is 0.379 e. The third-order valence-electron chi connectivity index (χ3n) is 5.33. The second-order valence-electron chi connectivity index (χ2n) is 7.23. The zero-order valence-corrected chi connectivity index (χ0v) is 19.7. The first kappa shape index (κ1) is 25.8. The van der Waals surface area contributed by atoms with Gasteiger partial charge in [0.2, 0.25) is 0 Å². The Bertz CT molecular complexity index is 483. The van der Waals surface area contributed by atoms with Gasteiger partial charge in [0.05, 0.1) is 13.2 Å². The molecule has 0 unspecified atom stereocenters. The molecule has 0 saturated carbocycles. The summed E-state index contributed by atoms with van der Waals surface area (Å²) in [5.41, 5.74) is 0. The third kappa shape index (κ3) is 8.99. The minimum Gasteiger partial charge on any atom is -0.379 e. The zero-order chi connectivity index (χ0) is 21.5. The van der Waals surface area contributed by atoms with Crippen molar-refractivity contribution in [2.24, 2.45) is 0 Å². The van der Waals surface area contributed by atoms with Crippen LogP contribution in [0.2, 0.25) is 0 Å². The molecule has 2 fully saturated rings. The molecule has 0 amide bonds. The van der Waals surface area contributed by atoms with Crippen molar-refractivity contribution in [2.45, 2.75) is 53.6 Å². The van der Waals surface area contributed by atoms with Gasteiger partial charge < -0.3 is 15.0 Å². The van der Waals surface area contributed by atoms with E-state index in [2.05, 4.69) is 51.0 Å². The molecular formula is C23H45N5O. The van der Waals surface area contributed by atoms with Gasteiger partial charge in [0.1, 0.15) is 5.82 Å². The molecule has 0 aliphatic carbocycles. The van der Waals surface area contributed by atoms with Gasteiger partial charge in [-0.15, -0.1) is 0 Å². The van der Waals surface area contributed by atoms with Gasteiger partial charge in [-0.25, -0.2) is 4.98 Å². The van der Waals surface area contributed by atoms with Crippen LogP contribution in [-0.4, -0.2) is 92.4 Å². The van der Waals surface area contributed by atoms with Crippen LogP contribution in [-0.2, 0) is 4.74 Å². The highest BCUT2D eigenvalue weighted by Crippen LogP contribution is 2.20. The Morgan fingerprint density at radius 2 is 1.59 bits per heavy atom. The topological polar surface area (TPSA) is 43.9 Å². The van der Waals surface area contributed by atoms with Crippen molar-refractivity contribution < 1.29 is 4.74 Å². The normalized spacial score (nSPS) is 22.9. The summed E-state index contributed by atoms with van der Waals surface area (Å²) in [6, 6.07) is 7.18. The first-order valence-electron chi connectivity index (χ1n) is 11.7. The molecule has 0 aromatic carbocycles. The second kappa shape index (κ2) is 15.6. The van der Waals surface area contributed by atoms with Gasteiger partial charge >= 0.3 is 0 Å². The summed E-state index contributed by atoms with van der Waals surface area (Å²) in [6.45, 7) is 22.9. The lowest BCUT2D eigenvalue weighted by Gasteiger charge is -2.45. The quantitative estimate of drug-likeness (QED) is 0.701. The van der Waals surface area contributed by atoms with E-state index in [4.69, 9.17) is 4.74 Å². The Labute approximate surface area is 179 Å². The predicted molar refractivity (Wildman–Crippen MR) is 125 cm³/mol. The van der Waals surface area contributed by atoms with Gasteiger partial charge in [-0.2, -0.15) is 0 Å². The Morgan fingerprint density at radius 3 is 2.17 bits per heavy atom. The van der Waals surface area contributed by atoms with E-state index in [-0.39, 0.29) is 0 Å². The summed E-state index contributed by atoms with van der Waals surface area (Å²) in [5.74, 6) is 1.09. The molecule has 0 radical (unpaired) electrons. The number of piperazine rings is 2. The highest BCUT2D eigenvalue weighted by molar-refractivity contribution is 5.39. The fraction of sp³-hybridized carbons (Fsp3) is 0.783. The van der Waals surface area contributed by atoms with Crippen molar-refractivity contribution in [1.29, 1.82) is 0 Å². The third-order valence-corrected chi connectivity index (χ3v) is 5.33. The first-order valence-corrected chi connectivity index (χ1v) is 11.7. The molecule has 2 aliphatic rings. The Hall–Kier alpha value is -1.21.